The van der Waals surface area contributed by atoms with Crippen LogP contribution in [0.5, 0.6) is 5.75 Å². The van der Waals surface area contributed by atoms with Crippen LogP contribution in [0.1, 0.15) is 36.5 Å². The van der Waals surface area contributed by atoms with Crippen LogP contribution in [0.15, 0.2) is 24.3 Å². The Kier molecular flexibility index (Phi) is 5.75. The van der Waals surface area contributed by atoms with Crippen molar-refractivity contribution in [3.05, 3.63) is 29.8 Å². The SMILES string of the molecule is CCOc1ccc(C(=O)CCC(=O)NC2CCNC2)cc1. The lowest BCUT2D eigenvalue weighted by molar-refractivity contribution is -0.121. The standard InChI is InChI=1S/C16H22N2O3/c1-2-21-14-5-3-12(4-6-14)15(19)7-8-16(20)18-13-9-10-17-11-13/h3-6,13,17H,2,7-11H2,1H3,(H,18,20). The number of benzene rings is 1. The van der Waals surface area contributed by atoms with Crippen LogP contribution in [0.4, 0.5) is 0 Å². The molecule has 0 saturated carbocycles. The van der Waals surface area contributed by atoms with Gasteiger partial charge in [-0.15, -0.1) is 0 Å². The number of hydrogen-bond donors (Lipinski definition) is 2. The van der Waals surface area contributed by atoms with Crippen molar-refractivity contribution < 1.29 is 14.3 Å². The number of ketones is 1. The zero-order valence-corrected chi connectivity index (χ0v) is 12.4. The number of rotatable bonds is 7. The number of carbonyl (C=O) groups is 2. The summed E-state index contributed by atoms with van der Waals surface area (Å²) in [6, 6.07) is 7.25. The Morgan fingerprint density at radius 1 is 1.29 bits per heavy atom. The highest BCUT2D eigenvalue weighted by molar-refractivity contribution is 5.98. The Morgan fingerprint density at radius 3 is 2.67 bits per heavy atom. The van der Waals surface area contributed by atoms with Gasteiger partial charge in [-0.1, -0.05) is 0 Å². The molecule has 1 amide bonds. The van der Waals surface area contributed by atoms with Gasteiger partial charge in [-0.3, -0.25) is 9.59 Å². The van der Waals surface area contributed by atoms with Crippen molar-refractivity contribution in [1.29, 1.82) is 0 Å². The predicted octanol–water partition coefficient (Wildman–Crippen LogP) is 1.53. The van der Waals surface area contributed by atoms with Crippen molar-refractivity contribution in [2.75, 3.05) is 19.7 Å². The molecule has 0 radical (unpaired) electrons. The van der Waals surface area contributed by atoms with Crippen LogP contribution in [-0.2, 0) is 4.79 Å². The summed E-state index contributed by atoms with van der Waals surface area (Å²) < 4.78 is 5.33. The first-order valence-corrected chi connectivity index (χ1v) is 7.45. The number of amides is 1. The molecule has 0 aromatic heterocycles. The molecular weight excluding hydrogens is 268 g/mol. The second kappa shape index (κ2) is 7.78. The van der Waals surface area contributed by atoms with E-state index in [-0.39, 0.29) is 30.6 Å². The highest BCUT2D eigenvalue weighted by Crippen LogP contribution is 2.14. The van der Waals surface area contributed by atoms with Crippen molar-refractivity contribution >= 4 is 11.7 Å². The fourth-order valence-corrected chi connectivity index (χ4v) is 2.35. The van der Waals surface area contributed by atoms with Gasteiger partial charge < -0.3 is 15.4 Å². The van der Waals surface area contributed by atoms with Gasteiger partial charge in [-0.2, -0.15) is 0 Å². The van der Waals surface area contributed by atoms with Crippen LogP contribution >= 0.6 is 0 Å². The minimum Gasteiger partial charge on any atom is -0.494 e. The minimum absolute atomic E-state index is 0.0160. The van der Waals surface area contributed by atoms with E-state index in [0.717, 1.165) is 25.3 Å². The topological polar surface area (TPSA) is 67.4 Å². The average molecular weight is 290 g/mol. The lowest BCUT2D eigenvalue weighted by Gasteiger charge is -2.10. The summed E-state index contributed by atoms with van der Waals surface area (Å²) in [6.07, 6.45) is 1.43. The van der Waals surface area contributed by atoms with E-state index in [2.05, 4.69) is 10.6 Å². The molecule has 1 atom stereocenters. The third-order valence-electron chi connectivity index (χ3n) is 3.49. The van der Waals surface area contributed by atoms with Crippen LogP contribution in [0.3, 0.4) is 0 Å². The molecule has 1 aliphatic rings. The maximum Gasteiger partial charge on any atom is 0.220 e. The highest BCUT2D eigenvalue weighted by atomic mass is 16.5. The first kappa shape index (κ1) is 15.5. The molecule has 2 rings (SSSR count). The van der Waals surface area contributed by atoms with E-state index in [1.165, 1.54) is 0 Å². The number of carbonyl (C=O) groups excluding carboxylic acids is 2. The van der Waals surface area contributed by atoms with Crippen molar-refractivity contribution in [3.8, 4) is 5.75 Å². The van der Waals surface area contributed by atoms with Gasteiger partial charge in [0.05, 0.1) is 6.61 Å². The molecule has 114 valence electrons. The van der Waals surface area contributed by atoms with E-state index in [4.69, 9.17) is 4.74 Å². The van der Waals surface area contributed by atoms with E-state index < -0.39 is 0 Å². The van der Waals surface area contributed by atoms with Crippen molar-refractivity contribution in [3.63, 3.8) is 0 Å². The van der Waals surface area contributed by atoms with Crippen molar-refractivity contribution in [2.24, 2.45) is 0 Å². The van der Waals surface area contributed by atoms with Gasteiger partial charge in [0.15, 0.2) is 5.78 Å². The number of ether oxygens (including phenoxy) is 1. The highest BCUT2D eigenvalue weighted by Gasteiger charge is 2.17. The molecule has 21 heavy (non-hydrogen) atoms. The summed E-state index contributed by atoms with van der Waals surface area (Å²) in [4.78, 5) is 23.8. The Morgan fingerprint density at radius 2 is 2.05 bits per heavy atom. The molecule has 1 unspecified atom stereocenters. The molecule has 5 nitrogen and oxygen atoms in total. The minimum atomic E-state index is -0.0528. The quantitative estimate of drug-likeness (QED) is 0.747. The maximum atomic E-state index is 12.0. The molecule has 5 heteroatoms. The lowest BCUT2D eigenvalue weighted by atomic mass is 10.1. The van der Waals surface area contributed by atoms with Crippen LogP contribution in [0, 0.1) is 0 Å². The number of hydrogen-bond acceptors (Lipinski definition) is 4. The molecule has 1 heterocycles. The molecule has 1 saturated heterocycles. The van der Waals surface area contributed by atoms with E-state index in [0.29, 0.717) is 12.2 Å². The molecular formula is C16H22N2O3. The van der Waals surface area contributed by atoms with E-state index in [1.807, 2.05) is 6.92 Å². The summed E-state index contributed by atoms with van der Waals surface area (Å²) in [6.45, 7) is 4.27. The first-order chi connectivity index (χ1) is 10.2. The predicted molar refractivity (Wildman–Crippen MR) is 80.6 cm³/mol. The summed E-state index contributed by atoms with van der Waals surface area (Å²) >= 11 is 0. The largest absolute Gasteiger partial charge is 0.494 e. The van der Waals surface area contributed by atoms with Crippen molar-refractivity contribution in [1.82, 2.24) is 10.6 Å². The Bertz CT molecular complexity index is 479. The summed E-state index contributed by atoms with van der Waals surface area (Å²) in [5, 5.41) is 6.13. The van der Waals surface area contributed by atoms with Crippen LogP contribution in [0.25, 0.3) is 0 Å². The zero-order chi connectivity index (χ0) is 15.1. The molecule has 1 fully saturated rings. The van der Waals surface area contributed by atoms with E-state index in [1.54, 1.807) is 24.3 Å². The molecule has 2 N–H and O–H groups in total. The number of Topliss-reactive ketones (excluding diaryl/α,β-unsaturated/α-hetero) is 1. The fraction of sp³-hybridized carbons (Fsp3) is 0.500. The molecule has 0 bridgehead atoms. The normalized spacial score (nSPS) is 17.5. The monoisotopic (exact) mass is 290 g/mol. The van der Waals surface area contributed by atoms with Gasteiger partial charge in [0.1, 0.15) is 5.75 Å². The Hall–Kier alpha value is -1.88. The molecule has 0 aliphatic carbocycles. The van der Waals surface area contributed by atoms with Gasteiger partial charge >= 0.3 is 0 Å². The van der Waals surface area contributed by atoms with E-state index >= 15 is 0 Å². The molecule has 1 aromatic carbocycles. The average Bonchev–Trinajstić information content (AvgIpc) is 2.99. The van der Waals surface area contributed by atoms with Crippen LogP contribution in [-0.4, -0.2) is 37.4 Å². The van der Waals surface area contributed by atoms with Gasteiger partial charge in [-0.05, 0) is 44.2 Å². The summed E-state index contributed by atoms with van der Waals surface area (Å²) in [7, 11) is 0. The Balaban J connectivity index is 1.76. The second-order valence-corrected chi connectivity index (χ2v) is 5.14. The maximum absolute atomic E-state index is 12.0. The van der Waals surface area contributed by atoms with Crippen LogP contribution < -0.4 is 15.4 Å². The fourth-order valence-electron chi connectivity index (χ4n) is 2.35. The second-order valence-electron chi connectivity index (χ2n) is 5.14. The van der Waals surface area contributed by atoms with Gasteiger partial charge in [-0.25, -0.2) is 0 Å². The summed E-state index contributed by atoms with van der Waals surface area (Å²) in [5.74, 6) is 0.682. The third-order valence-corrected chi connectivity index (χ3v) is 3.49. The lowest BCUT2D eigenvalue weighted by Crippen LogP contribution is -2.36. The zero-order valence-electron chi connectivity index (χ0n) is 12.4. The summed E-state index contributed by atoms with van der Waals surface area (Å²) in [5.41, 5.74) is 0.619. The van der Waals surface area contributed by atoms with Gasteiger partial charge in [0.25, 0.3) is 0 Å². The van der Waals surface area contributed by atoms with Crippen LogP contribution in [0.2, 0.25) is 0 Å². The van der Waals surface area contributed by atoms with Gasteiger partial charge in [0, 0.05) is 31.0 Å². The smallest absolute Gasteiger partial charge is 0.220 e. The van der Waals surface area contributed by atoms with E-state index in [9.17, 15) is 9.59 Å². The molecule has 1 aliphatic heterocycles. The molecule has 0 spiro atoms. The van der Waals surface area contributed by atoms with Crippen molar-refractivity contribution in [2.45, 2.75) is 32.2 Å². The van der Waals surface area contributed by atoms with Gasteiger partial charge in [0.2, 0.25) is 5.91 Å². The molecule has 1 aromatic rings. The first-order valence-electron chi connectivity index (χ1n) is 7.45. The Labute approximate surface area is 125 Å². The number of nitrogens with one attached hydrogen (secondary N) is 2. The third kappa shape index (κ3) is 4.86.